The fourth-order valence-electron chi connectivity index (χ4n) is 1.63. The Morgan fingerprint density at radius 1 is 1.33 bits per heavy atom. The predicted molar refractivity (Wildman–Crippen MR) is 82.2 cm³/mol. The quantitative estimate of drug-likeness (QED) is 0.888. The molecule has 2 rings (SSSR count). The fraction of sp³-hybridized carbons (Fsp3) is 0.214. The Balaban J connectivity index is 2.14. The monoisotopic (exact) mass is 306 g/mol. The van der Waals surface area contributed by atoms with Gasteiger partial charge in [-0.2, -0.15) is 0 Å². The minimum atomic E-state index is -0.388. The summed E-state index contributed by atoms with van der Waals surface area (Å²) in [7, 11) is 1.54. The van der Waals surface area contributed by atoms with Gasteiger partial charge in [0.1, 0.15) is 17.3 Å². The molecule has 0 radical (unpaired) electrons. The molecule has 0 unspecified atom stereocenters. The minimum Gasteiger partial charge on any atom is -0.497 e. The Labute approximate surface area is 127 Å². The van der Waals surface area contributed by atoms with Gasteiger partial charge in [-0.05, 0) is 19.1 Å². The molecule has 0 atom stereocenters. The largest absolute Gasteiger partial charge is 0.497 e. The Morgan fingerprint density at radius 3 is 2.76 bits per heavy atom. The predicted octanol–water partition coefficient (Wildman–Crippen LogP) is 2.82. The highest BCUT2D eigenvalue weighted by atomic mass is 35.5. The second kappa shape index (κ2) is 6.90. The van der Waals surface area contributed by atoms with E-state index in [0.717, 1.165) is 6.54 Å². The van der Waals surface area contributed by atoms with Crippen LogP contribution < -0.4 is 15.4 Å². The Morgan fingerprint density at radius 2 is 2.14 bits per heavy atom. The minimum absolute atomic E-state index is 0.204. The van der Waals surface area contributed by atoms with Crippen molar-refractivity contribution in [2.24, 2.45) is 0 Å². The number of hydrogen-bond acceptors (Lipinski definition) is 5. The number of carbonyl (C=O) groups excluding carboxylic acids is 1. The lowest BCUT2D eigenvalue weighted by atomic mass is 10.3. The first-order valence-electron chi connectivity index (χ1n) is 6.35. The molecule has 1 heterocycles. The average molecular weight is 307 g/mol. The van der Waals surface area contributed by atoms with Crippen LogP contribution in [0.4, 0.5) is 11.5 Å². The van der Waals surface area contributed by atoms with Gasteiger partial charge in [-0.1, -0.05) is 11.6 Å². The molecule has 0 aliphatic carbocycles. The van der Waals surface area contributed by atoms with Crippen molar-refractivity contribution in [1.82, 2.24) is 9.97 Å². The summed E-state index contributed by atoms with van der Waals surface area (Å²) in [4.78, 5) is 20.3. The number of ether oxygens (including phenoxy) is 1. The molecule has 0 aliphatic rings. The number of anilines is 2. The Kier molecular flexibility index (Phi) is 4.94. The normalized spacial score (nSPS) is 10.0. The van der Waals surface area contributed by atoms with Crippen LogP contribution in [-0.4, -0.2) is 29.5 Å². The van der Waals surface area contributed by atoms with Gasteiger partial charge in [-0.3, -0.25) is 4.79 Å². The third-order valence-electron chi connectivity index (χ3n) is 2.66. The van der Waals surface area contributed by atoms with Crippen LogP contribution >= 0.6 is 11.6 Å². The third-order valence-corrected chi connectivity index (χ3v) is 2.99. The molecule has 0 saturated heterocycles. The molecule has 0 bridgehead atoms. The van der Waals surface area contributed by atoms with Crippen molar-refractivity contribution in [3.05, 3.63) is 41.3 Å². The number of hydrogen-bond donors (Lipinski definition) is 2. The zero-order valence-electron chi connectivity index (χ0n) is 11.7. The van der Waals surface area contributed by atoms with Crippen molar-refractivity contribution >= 4 is 29.0 Å². The van der Waals surface area contributed by atoms with Gasteiger partial charge in [0.05, 0.1) is 30.2 Å². The molecule has 21 heavy (non-hydrogen) atoms. The zero-order valence-corrected chi connectivity index (χ0v) is 12.4. The van der Waals surface area contributed by atoms with Gasteiger partial charge in [-0.25, -0.2) is 9.97 Å². The molecule has 0 aliphatic heterocycles. The van der Waals surface area contributed by atoms with Crippen LogP contribution in [-0.2, 0) is 0 Å². The maximum Gasteiger partial charge on any atom is 0.275 e. The van der Waals surface area contributed by atoms with E-state index in [2.05, 4.69) is 20.6 Å². The maximum absolute atomic E-state index is 12.1. The van der Waals surface area contributed by atoms with Crippen LogP contribution in [0.1, 0.15) is 17.4 Å². The van der Waals surface area contributed by atoms with Crippen molar-refractivity contribution in [2.45, 2.75) is 6.92 Å². The highest BCUT2D eigenvalue weighted by Crippen LogP contribution is 2.26. The Bertz CT molecular complexity index is 631. The van der Waals surface area contributed by atoms with Crippen molar-refractivity contribution in [1.29, 1.82) is 0 Å². The van der Waals surface area contributed by atoms with Crippen LogP contribution in [0.2, 0.25) is 5.02 Å². The highest BCUT2D eigenvalue weighted by molar-refractivity contribution is 6.34. The van der Waals surface area contributed by atoms with E-state index in [0.29, 0.717) is 22.3 Å². The summed E-state index contributed by atoms with van der Waals surface area (Å²) >= 11 is 6.03. The molecule has 2 N–H and O–H groups in total. The molecule has 0 saturated carbocycles. The van der Waals surface area contributed by atoms with E-state index in [4.69, 9.17) is 16.3 Å². The van der Waals surface area contributed by atoms with Gasteiger partial charge >= 0.3 is 0 Å². The van der Waals surface area contributed by atoms with E-state index >= 15 is 0 Å². The summed E-state index contributed by atoms with van der Waals surface area (Å²) in [5.74, 6) is 0.831. The van der Waals surface area contributed by atoms with Gasteiger partial charge in [0.2, 0.25) is 0 Å². The topological polar surface area (TPSA) is 76.1 Å². The number of nitrogens with one attached hydrogen (secondary N) is 2. The van der Waals surface area contributed by atoms with E-state index in [1.165, 1.54) is 12.4 Å². The van der Waals surface area contributed by atoms with Gasteiger partial charge < -0.3 is 15.4 Å². The number of rotatable bonds is 5. The molecule has 110 valence electrons. The number of amides is 1. The average Bonchev–Trinajstić information content (AvgIpc) is 2.50. The molecular formula is C14H15ClN4O2. The van der Waals surface area contributed by atoms with Crippen molar-refractivity contribution in [3.63, 3.8) is 0 Å². The van der Waals surface area contributed by atoms with Crippen LogP contribution in [0.3, 0.4) is 0 Å². The first-order valence-corrected chi connectivity index (χ1v) is 6.72. The summed E-state index contributed by atoms with van der Waals surface area (Å²) in [6.07, 6.45) is 2.91. The number of benzene rings is 1. The molecule has 6 nitrogen and oxygen atoms in total. The number of halogens is 1. The summed E-state index contributed by atoms with van der Waals surface area (Å²) < 4.78 is 5.09. The SMILES string of the molecule is CCNc1cnc(C(=O)Nc2cc(OC)ccc2Cl)cn1. The van der Waals surface area contributed by atoms with Crippen LogP contribution in [0.15, 0.2) is 30.6 Å². The number of methoxy groups -OCH3 is 1. The molecule has 7 heteroatoms. The van der Waals surface area contributed by atoms with E-state index < -0.39 is 0 Å². The van der Waals surface area contributed by atoms with E-state index in [9.17, 15) is 4.79 Å². The zero-order chi connectivity index (χ0) is 15.2. The van der Waals surface area contributed by atoms with Crippen LogP contribution in [0.5, 0.6) is 5.75 Å². The van der Waals surface area contributed by atoms with Gasteiger partial charge in [0.25, 0.3) is 5.91 Å². The van der Waals surface area contributed by atoms with E-state index in [1.54, 1.807) is 25.3 Å². The maximum atomic E-state index is 12.1. The Hall–Kier alpha value is -2.34. The first kappa shape index (κ1) is 15.1. The molecule has 1 aromatic carbocycles. The summed E-state index contributed by atoms with van der Waals surface area (Å²) in [5, 5.41) is 6.10. The molecule has 0 fully saturated rings. The summed E-state index contributed by atoms with van der Waals surface area (Å²) in [6, 6.07) is 5.00. The standard InChI is InChI=1S/C14H15ClN4O2/c1-3-16-13-8-17-12(7-18-13)14(20)19-11-6-9(21-2)4-5-10(11)15/h4-8H,3H2,1-2H3,(H,16,18)(H,19,20). The lowest BCUT2D eigenvalue weighted by Crippen LogP contribution is -2.15. The molecule has 1 aromatic heterocycles. The van der Waals surface area contributed by atoms with Gasteiger partial charge in [-0.15, -0.1) is 0 Å². The second-order valence-electron chi connectivity index (χ2n) is 4.12. The first-order chi connectivity index (χ1) is 10.1. The smallest absolute Gasteiger partial charge is 0.275 e. The lowest BCUT2D eigenvalue weighted by molar-refractivity contribution is 0.102. The molecule has 1 amide bonds. The number of carbonyl (C=O) groups is 1. The third kappa shape index (κ3) is 3.82. The molecular weight excluding hydrogens is 292 g/mol. The van der Waals surface area contributed by atoms with Crippen LogP contribution in [0.25, 0.3) is 0 Å². The van der Waals surface area contributed by atoms with Crippen molar-refractivity contribution in [3.8, 4) is 5.75 Å². The number of aromatic nitrogens is 2. The van der Waals surface area contributed by atoms with Crippen molar-refractivity contribution in [2.75, 3.05) is 24.3 Å². The fourth-order valence-corrected chi connectivity index (χ4v) is 1.80. The van der Waals surface area contributed by atoms with Crippen molar-refractivity contribution < 1.29 is 9.53 Å². The van der Waals surface area contributed by atoms with E-state index in [1.807, 2.05) is 6.92 Å². The number of nitrogens with zero attached hydrogens (tertiary/aromatic N) is 2. The second-order valence-corrected chi connectivity index (χ2v) is 4.52. The van der Waals surface area contributed by atoms with Gasteiger partial charge in [0.15, 0.2) is 0 Å². The van der Waals surface area contributed by atoms with Crippen LogP contribution in [0, 0.1) is 0 Å². The lowest BCUT2D eigenvalue weighted by Gasteiger charge is -2.09. The highest BCUT2D eigenvalue weighted by Gasteiger charge is 2.11. The van der Waals surface area contributed by atoms with Gasteiger partial charge in [0, 0.05) is 12.6 Å². The molecule has 0 spiro atoms. The van der Waals surface area contributed by atoms with E-state index in [-0.39, 0.29) is 11.6 Å². The molecule has 2 aromatic rings. The summed E-state index contributed by atoms with van der Waals surface area (Å²) in [5.41, 5.74) is 0.661. The summed E-state index contributed by atoms with van der Waals surface area (Å²) in [6.45, 7) is 2.69.